The Morgan fingerprint density at radius 2 is 1.96 bits per heavy atom. The lowest BCUT2D eigenvalue weighted by Gasteiger charge is -2.32. The highest BCUT2D eigenvalue weighted by atomic mass is 32.2. The standard InChI is InChI=1S/C20H27N5OS/c1-3-23-11-13-24(14-12-23)19(26)15(2)27-20-21-18(16-9-10-16)25(22-20)17-7-5-4-6-8-17/h4-8,15-16H,3,9-14H2,1-2H3/p+1/t15-/m1/s1. The van der Waals surface area contributed by atoms with E-state index in [4.69, 9.17) is 10.1 Å². The van der Waals surface area contributed by atoms with Gasteiger partial charge in [-0.3, -0.25) is 4.79 Å². The van der Waals surface area contributed by atoms with E-state index in [1.54, 1.807) is 4.90 Å². The highest BCUT2D eigenvalue weighted by Crippen LogP contribution is 2.40. The van der Waals surface area contributed by atoms with Crippen LogP contribution in [0.3, 0.4) is 0 Å². The number of hydrogen-bond donors (Lipinski definition) is 1. The molecule has 4 rings (SSSR count). The third-order valence-corrected chi connectivity index (χ3v) is 6.41. The van der Waals surface area contributed by atoms with Crippen molar-refractivity contribution in [1.29, 1.82) is 0 Å². The van der Waals surface area contributed by atoms with Crippen molar-refractivity contribution < 1.29 is 9.69 Å². The molecule has 1 saturated carbocycles. The van der Waals surface area contributed by atoms with Gasteiger partial charge >= 0.3 is 0 Å². The lowest BCUT2D eigenvalue weighted by atomic mass is 10.3. The first kappa shape index (κ1) is 18.5. The van der Waals surface area contributed by atoms with Crippen LogP contribution in [0, 0.1) is 0 Å². The van der Waals surface area contributed by atoms with Crippen LogP contribution in [0.5, 0.6) is 0 Å². The number of quaternary nitrogens is 1. The summed E-state index contributed by atoms with van der Waals surface area (Å²) < 4.78 is 1.96. The number of hydrogen-bond acceptors (Lipinski definition) is 4. The molecule has 2 aromatic rings. The number of benzene rings is 1. The van der Waals surface area contributed by atoms with Crippen LogP contribution in [-0.4, -0.2) is 63.5 Å². The summed E-state index contributed by atoms with van der Waals surface area (Å²) in [5, 5.41) is 5.28. The Labute approximate surface area is 164 Å². The maximum Gasteiger partial charge on any atom is 0.236 e. The van der Waals surface area contributed by atoms with E-state index >= 15 is 0 Å². The molecule has 1 amide bonds. The fourth-order valence-corrected chi connectivity index (χ4v) is 4.42. The van der Waals surface area contributed by atoms with Crippen LogP contribution in [0.4, 0.5) is 0 Å². The molecule has 27 heavy (non-hydrogen) atoms. The predicted octanol–water partition coefficient (Wildman–Crippen LogP) is 1.37. The first-order valence-corrected chi connectivity index (χ1v) is 10.8. The molecular weight excluding hydrogens is 358 g/mol. The van der Waals surface area contributed by atoms with E-state index in [1.807, 2.05) is 34.7 Å². The summed E-state index contributed by atoms with van der Waals surface area (Å²) in [5.41, 5.74) is 1.04. The summed E-state index contributed by atoms with van der Waals surface area (Å²) in [6.07, 6.45) is 2.35. The van der Waals surface area contributed by atoms with Crippen LogP contribution >= 0.6 is 11.8 Å². The lowest BCUT2D eigenvalue weighted by molar-refractivity contribution is -0.902. The molecule has 6 nitrogen and oxygen atoms in total. The van der Waals surface area contributed by atoms with Crippen molar-refractivity contribution in [2.24, 2.45) is 0 Å². The summed E-state index contributed by atoms with van der Waals surface area (Å²) in [4.78, 5) is 21.2. The van der Waals surface area contributed by atoms with Gasteiger partial charge in [-0.2, -0.15) is 0 Å². The van der Waals surface area contributed by atoms with Gasteiger partial charge in [-0.1, -0.05) is 30.0 Å². The lowest BCUT2D eigenvalue weighted by Crippen LogP contribution is -3.14. The highest BCUT2D eigenvalue weighted by Gasteiger charge is 2.32. The van der Waals surface area contributed by atoms with Gasteiger partial charge < -0.3 is 9.80 Å². The Morgan fingerprint density at radius 1 is 1.26 bits per heavy atom. The Bertz CT molecular complexity index is 781. The van der Waals surface area contributed by atoms with Gasteiger partial charge in [0.1, 0.15) is 5.82 Å². The number of carbonyl (C=O) groups excluding carboxylic acids is 1. The van der Waals surface area contributed by atoms with Crippen LogP contribution in [0.15, 0.2) is 35.5 Å². The quantitative estimate of drug-likeness (QED) is 0.762. The number of piperazine rings is 1. The van der Waals surface area contributed by atoms with Gasteiger partial charge in [0.15, 0.2) is 0 Å². The second kappa shape index (κ2) is 8.02. The van der Waals surface area contributed by atoms with E-state index in [9.17, 15) is 4.79 Å². The predicted molar refractivity (Wildman–Crippen MR) is 106 cm³/mol. The van der Waals surface area contributed by atoms with Crippen molar-refractivity contribution in [2.45, 2.75) is 43.0 Å². The number of aromatic nitrogens is 3. The van der Waals surface area contributed by atoms with Gasteiger partial charge in [0.05, 0.1) is 43.7 Å². The SMILES string of the molecule is CC[NH+]1CCN(C(=O)[C@@H](C)Sc2nc(C3CC3)n(-c3ccccc3)n2)CC1. The van der Waals surface area contributed by atoms with E-state index in [2.05, 4.69) is 19.1 Å². The fraction of sp³-hybridized carbons (Fsp3) is 0.550. The number of nitrogens with zero attached hydrogens (tertiary/aromatic N) is 4. The van der Waals surface area contributed by atoms with Crippen molar-refractivity contribution >= 4 is 17.7 Å². The molecule has 1 N–H and O–H groups in total. The number of amides is 1. The molecule has 7 heteroatoms. The third kappa shape index (κ3) is 4.19. The van der Waals surface area contributed by atoms with Crippen LogP contribution in [0.25, 0.3) is 5.69 Å². The molecule has 2 heterocycles. The second-order valence-electron chi connectivity index (χ2n) is 7.46. The zero-order chi connectivity index (χ0) is 18.8. The Balaban J connectivity index is 1.45. The highest BCUT2D eigenvalue weighted by molar-refractivity contribution is 8.00. The molecule has 0 bridgehead atoms. The largest absolute Gasteiger partial charge is 0.332 e. The zero-order valence-electron chi connectivity index (χ0n) is 16.1. The van der Waals surface area contributed by atoms with Crippen LogP contribution in [0.1, 0.15) is 38.4 Å². The number of carbonyl (C=O) groups is 1. The minimum Gasteiger partial charge on any atom is -0.332 e. The molecule has 1 aliphatic carbocycles. The summed E-state index contributed by atoms with van der Waals surface area (Å²) in [5.74, 6) is 1.74. The van der Waals surface area contributed by atoms with E-state index in [0.717, 1.165) is 44.2 Å². The van der Waals surface area contributed by atoms with Gasteiger partial charge in [0, 0.05) is 5.92 Å². The van der Waals surface area contributed by atoms with Crippen molar-refractivity contribution in [2.75, 3.05) is 32.7 Å². The Morgan fingerprint density at radius 3 is 2.59 bits per heavy atom. The molecule has 0 radical (unpaired) electrons. The summed E-state index contributed by atoms with van der Waals surface area (Å²) >= 11 is 1.49. The molecular formula is C20H28N5OS+. The van der Waals surface area contributed by atoms with Gasteiger partial charge in [-0.15, -0.1) is 5.10 Å². The molecule has 1 saturated heterocycles. The molecule has 2 fully saturated rings. The maximum atomic E-state index is 12.8. The molecule has 1 aliphatic heterocycles. The Kier molecular flexibility index (Phi) is 5.50. The second-order valence-corrected chi connectivity index (χ2v) is 8.77. The molecule has 0 unspecified atom stereocenters. The zero-order valence-corrected chi connectivity index (χ0v) is 16.9. The topological polar surface area (TPSA) is 55.5 Å². The average molecular weight is 387 g/mol. The van der Waals surface area contributed by atoms with Crippen molar-refractivity contribution in [3.8, 4) is 5.69 Å². The monoisotopic (exact) mass is 386 g/mol. The normalized spacial score (nSPS) is 19.3. The number of para-hydroxylation sites is 1. The van der Waals surface area contributed by atoms with Crippen molar-refractivity contribution in [3.63, 3.8) is 0 Å². The number of likely N-dealkylation sites (N-methyl/N-ethyl adjacent to an activating group) is 1. The number of rotatable bonds is 6. The van der Waals surface area contributed by atoms with E-state index in [1.165, 1.54) is 24.6 Å². The summed E-state index contributed by atoms with van der Waals surface area (Å²) in [7, 11) is 0. The number of nitrogens with one attached hydrogen (secondary N) is 1. The van der Waals surface area contributed by atoms with Gasteiger partial charge in [-0.05, 0) is 38.8 Å². The molecule has 2 aliphatic rings. The first-order valence-electron chi connectivity index (χ1n) is 9.97. The first-order chi connectivity index (χ1) is 13.2. The van der Waals surface area contributed by atoms with E-state index in [-0.39, 0.29) is 11.2 Å². The van der Waals surface area contributed by atoms with E-state index in [0.29, 0.717) is 11.1 Å². The molecule has 144 valence electrons. The van der Waals surface area contributed by atoms with E-state index < -0.39 is 0 Å². The minimum absolute atomic E-state index is 0.160. The van der Waals surface area contributed by atoms with Crippen LogP contribution in [0.2, 0.25) is 0 Å². The van der Waals surface area contributed by atoms with Gasteiger partial charge in [-0.25, -0.2) is 9.67 Å². The van der Waals surface area contributed by atoms with Crippen molar-refractivity contribution in [1.82, 2.24) is 19.7 Å². The minimum atomic E-state index is -0.160. The summed E-state index contributed by atoms with van der Waals surface area (Å²) in [6, 6.07) is 10.2. The third-order valence-electron chi connectivity index (χ3n) is 5.47. The summed E-state index contributed by atoms with van der Waals surface area (Å²) in [6.45, 7) is 9.12. The van der Waals surface area contributed by atoms with Crippen LogP contribution in [-0.2, 0) is 4.79 Å². The number of thioether (sulfide) groups is 1. The fourth-order valence-electron chi connectivity index (χ4n) is 3.58. The average Bonchev–Trinajstić information content (AvgIpc) is 3.48. The maximum absolute atomic E-state index is 12.8. The Hall–Kier alpha value is -1.86. The molecule has 1 aromatic heterocycles. The van der Waals surface area contributed by atoms with Crippen LogP contribution < -0.4 is 4.90 Å². The van der Waals surface area contributed by atoms with Gasteiger partial charge in [0.25, 0.3) is 0 Å². The van der Waals surface area contributed by atoms with Gasteiger partial charge in [0.2, 0.25) is 11.1 Å². The van der Waals surface area contributed by atoms with Crippen molar-refractivity contribution in [3.05, 3.63) is 36.2 Å². The molecule has 0 spiro atoms. The smallest absolute Gasteiger partial charge is 0.236 e. The molecule has 1 atom stereocenters. The molecule has 1 aromatic carbocycles.